The van der Waals surface area contributed by atoms with E-state index in [-0.39, 0.29) is 52.0 Å². The molecule has 1 N–H and O–H groups in total. The number of hydrogen-bond acceptors (Lipinski definition) is 8. The largest absolute Gasteiger partial charge is 0.489 e. The highest BCUT2D eigenvalue weighted by atomic mass is 35.5. The number of rotatable bonds is 6. The van der Waals surface area contributed by atoms with E-state index in [2.05, 4.69) is 4.98 Å². The zero-order chi connectivity index (χ0) is 30.3. The maximum Gasteiger partial charge on any atom is 0.305 e. The SMILES string of the molecule is O=C1[C@H]2[C@H]3C[C@@H]([C@@H]2C(=O)N1c1ccccc1)[C@H]1[C@H](c2cc([N+](=O)[O-])ccc2OCc2ccc(Cl)cc2)c2sc(=O)[nH]c2S[C@H]31. The molecule has 4 aliphatic rings. The Morgan fingerprint density at radius 3 is 2.43 bits per heavy atom. The van der Waals surface area contributed by atoms with Gasteiger partial charge in [0.15, 0.2) is 0 Å². The summed E-state index contributed by atoms with van der Waals surface area (Å²) in [5.74, 6) is -1.54. The summed E-state index contributed by atoms with van der Waals surface area (Å²) in [6.07, 6.45) is 0.712. The lowest BCUT2D eigenvalue weighted by atomic mass is 9.68. The van der Waals surface area contributed by atoms with Gasteiger partial charge in [-0.05, 0) is 60.1 Å². The molecule has 3 aromatic carbocycles. The molecule has 0 spiro atoms. The molecule has 2 bridgehead atoms. The van der Waals surface area contributed by atoms with Crippen molar-refractivity contribution < 1.29 is 19.2 Å². The maximum absolute atomic E-state index is 14.0. The zero-order valence-corrected chi connectivity index (χ0v) is 25.3. The predicted molar refractivity (Wildman–Crippen MR) is 166 cm³/mol. The van der Waals surface area contributed by atoms with E-state index >= 15 is 0 Å². The Kier molecular flexibility index (Phi) is 6.48. The van der Waals surface area contributed by atoms with E-state index in [1.807, 2.05) is 30.3 Å². The number of carbonyl (C=O) groups excluding carboxylic acids is 2. The van der Waals surface area contributed by atoms with Crippen molar-refractivity contribution in [2.45, 2.75) is 29.2 Å². The summed E-state index contributed by atoms with van der Waals surface area (Å²) >= 11 is 8.73. The molecule has 1 aromatic heterocycles. The van der Waals surface area contributed by atoms with Crippen molar-refractivity contribution in [1.82, 2.24) is 4.98 Å². The average Bonchev–Trinajstić information content (AvgIpc) is 3.76. The van der Waals surface area contributed by atoms with Crippen LogP contribution in [0.5, 0.6) is 5.75 Å². The number of anilines is 1. The number of nitrogens with one attached hydrogen (secondary N) is 1. The Morgan fingerprint density at radius 2 is 1.70 bits per heavy atom. The van der Waals surface area contributed by atoms with Gasteiger partial charge in [-0.2, -0.15) is 0 Å². The van der Waals surface area contributed by atoms with E-state index in [1.54, 1.807) is 48.2 Å². The molecule has 2 aliphatic carbocycles. The highest BCUT2D eigenvalue weighted by molar-refractivity contribution is 8.00. The molecular weight excluding hydrogens is 622 g/mol. The van der Waals surface area contributed by atoms with Crippen molar-refractivity contribution in [3.05, 3.63) is 114 Å². The number of amides is 2. The summed E-state index contributed by atoms with van der Waals surface area (Å²) in [6.45, 7) is 0.212. The van der Waals surface area contributed by atoms with Crippen LogP contribution in [0.1, 0.15) is 28.3 Å². The number of non-ortho nitro benzene ring substituents is 1. The normalized spacial score (nSPS) is 28.1. The smallest absolute Gasteiger partial charge is 0.305 e. The van der Waals surface area contributed by atoms with Gasteiger partial charge in [-0.3, -0.25) is 29.4 Å². The van der Waals surface area contributed by atoms with E-state index in [0.717, 1.165) is 26.8 Å². The van der Waals surface area contributed by atoms with Crippen LogP contribution in [-0.2, 0) is 16.2 Å². The van der Waals surface area contributed by atoms with Crippen molar-refractivity contribution in [1.29, 1.82) is 0 Å². The van der Waals surface area contributed by atoms with Crippen LogP contribution in [0.15, 0.2) is 82.6 Å². The second-order valence-electron chi connectivity index (χ2n) is 11.7. The zero-order valence-electron chi connectivity index (χ0n) is 22.9. The molecule has 2 amide bonds. The van der Waals surface area contributed by atoms with Crippen LogP contribution in [-0.4, -0.2) is 27.0 Å². The Hall–Kier alpha value is -3.93. The first-order valence-electron chi connectivity index (χ1n) is 14.3. The van der Waals surface area contributed by atoms with Gasteiger partial charge in [0.2, 0.25) is 11.8 Å². The summed E-state index contributed by atoms with van der Waals surface area (Å²) in [4.78, 5) is 56.9. The third kappa shape index (κ3) is 4.17. The lowest BCUT2D eigenvalue weighted by molar-refractivity contribution is -0.385. The number of fused-ring (bicyclic) bond motifs is 9. The minimum absolute atomic E-state index is 0.0557. The van der Waals surface area contributed by atoms with E-state index < -0.39 is 22.7 Å². The fourth-order valence-corrected chi connectivity index (χ4v) is 11.0. The molecule has 8 rings (SSSR count). The summed E-state index contributed by atoms with van der Waals surface area (Å²) in [6, 6.07) is 20.9. The van der Waals surface area contributed by atoms with Gasteiger partial charge in [-0.1, -0.05) is 53.3 Å². The minimum Gasteiger partial charge on any atom is -0.489 e. The van der Waals surface area contributed by atoms with Crippen LogP contribution in [0.3, 0.4) is 0 Å². The Labute approximate surface area is 264 Å². The number of halogens is 1. The first-order valence-corrected chi connectivity index (χ1v) is 16.4. The van der Waals surface area contributed by atoms with Crippen LogP contribution < -0.4 is 14.5 Å². The van der Waals surface area contributed by atoms with Gasteiger partial charge in [0.05, 0.1) is 27.5 Å². The van der Waals surface area contributed by atoms with E-state index in [9.17, 15) is 24.5 Å². The van der Waals surface area contributed by atoms with Gasteiger partial charge < -0.3 is 9.72 Å². The number of thiazole rings is 1. The summed E-state index contributed by atoms with van der Waals surface area (Å²) in [7, 11) is 0. The Balaban J connectivity index is 1.23. The first kappa shape index (κ1) is 27.6. The van der Waals surface area contributed by atoms with Gasteiger partial charge in [0, 0.05) is 38.8 Å². The monoisotopic (exact) mass is 645 g/mol. The second kappa shape index (κ2) is 10.3. The van der Waals surface area contributed by atoms with Crippen molar-refractivity contribution >= 4 is 57.9 Å². The van der Waals surface area contributed by atoms with Crippen LogP contribution in [0.25, 0.3) is 0 Å². The molecule has 3 fully saturated rings. The van der Waals surface area contributed by atoms with E-state index in [1.165, 1.54) is 11.0 Å². The fraction of sp³-hybridized carbons (Fsp3) is 0.281. The molecule has 2 saturated carbocycles. The number of imide groups is 1. The summed E-state index contributed by atoms with van der Waals surface area (Å²) < 4.78 is 6.32. The van der Waals surface area contributed by atoms with Gasteiger partial charge in [0.1, 0.15) is 12.4 Å². The molecule has 222 valence electrons. The molecule has 0 radical (unpaired) electrons. The van der Waals surface area contributed by atoms with Crippen molar-refractivity contribution in [2.75, 3.05) is 4.90 Å². The van der Waals surface area contributed by atoms with Crippen LogP contribution in [0.2, 0.25) is 5.02 Å². The Morgan fingerprint density at radius 1 is 0.977 bits per heavy atom. The number of H-pyrrole nitrogens is 1. The minimum atomic E-state index is -0.480. The lowest BCUT2D eigenvalue weighted by Crippen LogP contribution is -2.42. The molecule has 0 unspecified atom stereocenters. The number of carbonyl (C=O) groups is 2. The summed E-state index contributed by atoms with van der Waals surface area (Å²) in [5, 5.41) is 13.2. The van der Waals surface area contributed by atoms with Crippen LogP contribution in [0.4, 0.5) is 11.4 Å². The van der Waals surface area contributed by atoms with Gasteiger partial charge in [-0.25, -0.2) is 0 Å². The predicted octanol–water partition coefficient (Wildman–Crippen LogP) is 6.25. The van der Waals surface area contributed by atoms with E-state index in [0.29, 0.717) is 28.4 Å². The average molecular weight is 646 g/mol. The molecule has 2 aliphatic heterocycles. The van der Waals surface area contributed by atoms with Gasteiger partial charge in [0.25, 0.3) is 5.69 Å². The van der Waals surface area contributed by atoms with E-state index in [4.69, 9.17) is 16.3 Å². The molecule has 44 heavy (non-hydrogen) atoms. The molecule has 12 heteroatoms. The molecule has 9 nitrogen and oxygen atoms in total. The highest BCUT2D eigenvalue weighted by Crippen LogP contribution is 2.69. The summed E-state index contributed by atoms with van der Waals surface area (Å²) in [5.41, 5.74) is 1.98. The number of aromatic amines is 1. The number of aromatic nitrogens is 1. The van der Waals surface area contributed by atoms with Gasteiger partial charge >= 0.3 is 4.87 Å². The third-order valence-corrected chi connectivity index (χ3v) is 12.4. The first-order chi connectivity index (χ1) is 21.3. The van der Waals surface area contributed by atoms with Crippen molar-refractivity contribution in [3.8, 4) is 5.75 Å². The molecular formula is C32H24ClN3O6S2. The molecule has 4 aromatic rings. The number of nitrogens with zero attached hydrogens (tertiary/aromatic N) is 2. The fourth-order valence-electron chi connectivity index (χ4n) is 7.96. The van der Waals surface area contributed by atoms with Crippen molar-refractivity contribution in [2.24, 2.45) is 29.6 Å². The number of benzene rings is 3. The third-order valence-electron chi connectivity index (χ3n) is 9.59. The number of hydrogen-bond donors (Lipinski definition) is 1. The lowest BCUT2D eigenvalue weighted by Gasteiger charge is -2.43. The number of nitro groups is 1. The topological polar surface area (TPSA) is 123 Å². The van der Waals surface area contributed by atoms with Crippen LogP contribution in [0, 0.1) is 39.7 Å². The maximum atomic E-state index is 14.0. The molecule has 3 heterocycles. The number of para-hydroxylation sites is 1. The van der Waals surface area contributed by atoms with Crippen molar-refractivity contribution in [3.63, 3.8) is 0 Å². The Bertz CT molecular complexity index is 1890. The van der Waals surface area contributed by atoms with Crippen LogP contribution >= 0.6 is 34.7 Å². The highest BCUT2D eigenvalue weighted by Gasteiger charge is 2.70. The quantitative estimate of drug-likeness (QED) is 0.149. The number of nitro benzene ring substituents is 1. The molecule has 7 atom stereocenters. The standard InChI is InChI=1S/C32H24ClN3O6S2/c33-16-8-6-15(7-9-16)14-42-22-11-10-18(36(40)41)12-19(22)23-24-20-13-21(27(24)43-29-28(23)44-32(39)34-29)26-25(20)30(37)35(31(26)38)17-4-2-1-3-5-17/h1-12,20-21,23-27H,13-14H2,(H,34,39)/t20-,21-,23+,24+,25+,26+,27-/m1/s1. The molecule has 1 saturated heterocycles. The number of thioether (sulfide) groups is 1. The second-order valence-corrected chi connectivity index (χ2v) is 14.3. The number of ether oxygens (including phenoxy) is 1. The van der Waals surface area contributed by atoms with Gasteiger partial charge in [-0.15, -0.1) is 11.8 Å².